The van der Waals surface area contributed by atoms with E-state index < -0.39 is 0 Å². The summed E-state index contributed by atoms with van der Waals surface area (Å²) < 4.78 is 5.37. The van der Waals surface area contributed by atoms with Crippen LogP contribution in [0.3, 0.4) is 0 Å². The lowest BCUT2D eigenvalue weighted by molar-refractivity contribution is 0.589. The molecule has 312 valence electrons. The zero-order valence-corrected chi connectivity index (χ0v) is 40.1. The lowest BCUT2D eigenvalue weighted by Crippen LogP contribution is -2.60. The van der Waals surface area contributed by atoms with Crippen LogP contribution in [0.2, 0.25) is 0 Å². The summed E-state index contributed by atoms with van der Waals surface area (Å²) in [6, 6.07) is 53.5. The summed E-state index contributed by atoms with van der Waals surface area (Å²) in [5.74, 6) is 0. The maximum Gasteiger partial charge on any atom is 0.264 e. The molecule has 0 N–H and O–H groups in total. The zero-order valence-electron chi connectivity index (χ0n) is 37.6. The van der Waals surface area contributed by atoms with Gasteiger partial charge in [-0.1, -0.05) is 126 Å². The Labute approximate surface area is 389 Å². The molecule has 64 heavy (non-hydrogen) atoms. The fourth-order valence-electron chi connectivity index (χ4n) is 10.5. The molecule has 2 nitrogen and oxygen atoms in total. The fourth-order valence-corrected chi connectivity index (χ4v) is 13.8. The van der Waals surface area contributed by atoms with Crippen molar-refractivity contribution in [2.75, 3.05) is 9.80 Å². The highest BCUT2D eigenvalue weighted by Crippen LogP contribution is 2.51. The number of rotatable bonds is 4. The van der Waals surface area contributed by atoms with E-state index in [9.17, 15) is 0 Å². The smallest absolute Gasteiger partial charge is 0.264 e. The molecule has 0 fully saturated rings. The third-order valence-corrected chi connectivity index (χ3v) is 16.9. The summed E-state index contributed by atoms with van der Waals surface area (Å²) >= 11 is 5.64. The summed E-state index contributed by atoms with van der Waals surface area (Å²) in [6.07, 6.45) is 0. The van der Waals surface area contributed by atoms with Gasteiger partial charge in [0, 0.05) is 68.9 Å². The summed E-state index contributed by atoms with van der Waals surface area (Å²) in [5, 5.41) is 8.62. The second kappa shape index (κ2) is 14.3. The number of thiophene rings is 3. The van der Waals surface area contributed by atoms with Gasteiger partial charge in [0.15, 0.2) is 0 Å². The molecule has 0 radical (unpaired) electrons. The number of benzene rings is 7. The van der Waals surface area contributed by atoms with Gasteiger partial charge in [0.1, 0.15) is 0 Å². The molecule has 0 amide bonds. The molecule has 0 saturated heterocycles. The van der Waals surface area contributed by atoms with Crippen molar-refractivity contribution < 1.29 is 0 Å². The number of nitrogens with zero attached hydrogens (tertiary/aromatic N) is 2. The first-order chi connectivity index (χ1) is 30.8. The lowest BCUT2D eigenvalue weighted by Gasteiger charge is -2.44. The standard InChI is InChI=1S/C58H49BN2S3/c1-34-27-39(58(6,7)8)28-35(2)54(34)61-48-20-14-19-47-53(48)59(56-55(61)43-31-38(57(3,4)5)24-26-52(43)64-56)46-25-23-37(45-33-63-51-22-12-10-18-42(45)51)30-49(46)60(47)40-16-13-15-36(29-40)44-32-62-50-21-11-9-17-41(44)50/h9-33H,1-8H3. The molecule has 7 aromatic carbocycles. The summed E-state index contributed by atoms with van der Waals surface area (Å²) in [4.78, 5) is 5.24. The molecule has 0 unspecified atom stereocenters. The minimum atomic E-state index is 0.0117. The zero-order chi connectivity index (χ0) is 43.8. The van der Waals surface area contributed by atoms with E-state index in [1.165, 1.54) is 125 Å². The van der Waals surface area contributed by atoms with E-state index in [0.29, 0.717) is 0 Å². The van der Waals surface area contributed by atoms with Crippen molar-refractivity contribution >= 4 is 121 Å². The first-order valence-corrected chi connectivity index (χ1v) is 25.0. The summed E-state index contributed by atoms with van der Waals surface area (Å²) in [5.41, 5.74) is 20.6. The highest BCUT2D eigenvalue weighted by Gasteiger charge is 2.46. The lowest BCUT2D eigenvalue weighted by atomic mass is 9.36. The predicted octanol–water partition coefficient (Wildman–Crippen LogP) is 16.0. The van der Waals surface area contributed by atoms with Gasteiger partial charge in [-0.2, -0.15) is 0 Å². The van der Waals surface area contributed by atoms with Gasteiger partial charge < -0.3 is 9.80 Å². The number of hydrogen-bond donors (Lipinski definition) is 0. The van der Waals surface area contributed by atoms with Gasteiger partial charge in [-0.05, 0) is 134 Å². The van der Waals surface area contributed by atoms with Crippen LogP contribution in [0.5, 0.6) is 0 Å². The third-order valence-electron chi connectivity index (χ3n) is 13.7. The SMILES string of the molecule is Cc1cc(C(C)(C)C)cc(C)c1N1c2cccc3c2B(c2ccc(-c4csc5ccccc45)cc2N3c2cccc(-c3csc4ccccc34)c2)c2sc3ccc(C(C)(C)C)cc3c21. The van der Waals surface area contributed by atoms with E-state index in [4.69, 9.17) is 0 Å². The molecule has 3 aromatic heterocycles. The molecule has 0 aliphatic carbocycles. The molecule has 10 aromatic rings. The van der Waals surface area contributed by atoms with Crippen molar-refractivity contribution in [1.82, 2.24) is 0 Å². The molecule has 0 spiro atoms. The molecule has 6 heteroatoms. The van der Waals surface area contributed by atoms with Crippen LogP contribution in [0, 0.1) is 13.8 Å². The number of hydrogen-bond acceptors (Lipinski definition) is 5. The summed E-state index contributed by atoms with van der Waals surface area (Å²) in [6.45, 7) is 18.7. The summed E-state index contributed by atoms with van der Waals surface area (Å²) in [7, 11) is 0. The highest BCUT2D eigenvalue weighted by molar-refractivity contribution is 7.33. The van der Waals surface area contributed by atoms with Crippen LogP contribution < -0.4 is 25.5 Å². The number of fused-ring (bicyclic) bond motifs is 8. The van der Waals surface area contributed by atoms with Crippen LogP contribution in [-0.2, 0) is 10.8 Å². The first kappa shape index (κ1) is 39.7. The van der Waals surface area contributed by atoms with Crippen LogP contribution in [0.1, 0.15) is 63.8 Å². The van der Waals surface area contributed by atoms with E-state index in [-0.39, 0.29) is 17.5 Å². The van der Waals surface area contributed by atoms with E-state index in [1.54, 1.807) is 0 Å². The van der Waals surface area contributed by atoms with Crippen molar-refractivity contribution in [3.63, 3.8) is 0 Å². The maximum absolute atomic E-state index is 2.66. The van der Waals surface area contributed by atoms with Crippen LogP contribution in [-0.4, -0.2) is 6.71 Å². The van der Waals surface area contributed by atoms with Crippen molar-refractivity contribution in [3.8, 4) is 22.3 Å². The molecule has 2 aliphatic rings. The third kappa shape index (κ3) is 6.02. The second-order valence-electron chi connectivity index (χ2n) is 19.9. The first-order valence-electron chi connectivity index (χ1n) is 22.4. The predicted molar refractivity (Wildman–Crippen MR) is 284 cm³/mol. The van der Waals surface area contributed by atoms with Crippen LogP contribution in [0.25, 0.3) is 52.5 Å². The van der Waals surface area contributed by atoms with Crippen molar-refractivity contribution in [2.45, 2.75) is 66.2 Å². The Kier molecular flexibility index (Phi) is 8.86. The quantitative estimate of drug-likeness (QED) is 0.163. The monoisotopic (exact) mass is 880 g/mol. The van der Waals surface area contributed by atoms with Gasteiger partial charge in [-0.15, -0.1) is 34.0 Å². The average molecular weight is 881 g/mol. The molecule has 5 heterocycles. The molecule has 12 rings (SSSR count). The minimum absolute atomic E-state index is 0.0117. The van der Waals surface area contributed by atoms with E-state index in [2.05, 4.69) is 215 Å². The molecule has 2 aliphatic heterocycles. The van der Waals surface area contributed by atoms with Crippen molar-refractivity contribution in [3.05, 3.63) is 173 Å². The van der Waals surface area contributed by atoms with Crippen LogP contribution >= 0.6 is 34.0 Å². The van der Waals surface area contributed by atoms with Gasteiger partial charge in [-0.3, -0.25) is 0 Å². The number of aryl methyl sites for hydroxylation is 2. The van der Waals surface area contributed by atoms with E-state index >= 15 is 0 Å². The van der Waals surface area contributed by atoms with Gasteiger partial charge >= 0.3 is 0 Å². The highest BCUT2D eigenvalue weighted by atomic mass is 32.1. The molecular formula is C58H49BN2S3. The second-order valence-corrected chi connectivity index (χ2v) is 22.8. The molecule has 0 atom stereocenters. The Balaban J connectivity index is 1.16. The molecule has 0 bridgehead atoms. The van der Waals surface area contributed by atoms with Crippen LogP contribution in [0.4, 0.5) is 34.1 Å². The Morgan fingerprint density at radius 3 is 1.73 bits per heavy atom. The Bertz CT molecular complexity index is 3510. The topological polar surface area (TPSA) is 6.48 Å². The van der Waals surface area contributed by atoms with Gasteiger partial charge in [0.2, 0.25) is 0 Å². The van der Waals surface area contributed by atoms with Gasteiger partial charge in [-0.25, -0.2) is 0 Å². The molecule has 0 saturated carbocycles. The van der Waals surface area contributed by atoms with E-state index in [0.717, 1.165) is 0 Å². The van der Waals surface area contributed by atoms with E-state index in [1.807, 2.05) is 34.0 Å². The largest absolute Gasteiger partial charge is 0.311 e. The number of anilines is 6. The van der Waals surface area contributed by atoms with Crippen LogP contribution in [0.15, 0.2) is 150 Å². The minimum Gasteiger partial charge on any atom is -0.311 e. The van der Waals surface area contributed by atoms with Gasteiger partial charge in [0.05, 0.1) is 11.4 Å². The van der Waals surface area contributed by atoms with Crippen molar-refractivity contribution in [1.29, 1.82) is 0 Å². The average Bonchev–Trinajstić information content (AvgIpc) is 4.02. The van der Waals surface area contributed by atoms with Gasteiger partial charge in [0.25, 0.3) is 6.71 Å². The normalized spacial score (nSPS) is 13.5. The van der Waals surface area contributed by atoms with Crippen molar-refractivity contribution in [2.24, 2.45) is 0 Å². The Hall–Kier alpha value is -5.92. The Morgan fingerprint density at radius 1 is 0.469 bits per heavy atom. The maximum atomic E-state index is 2.66. The molecular weight excluding hydrogens is 832 g/mol. The fraction of sp³-hybridized carbons (Fsp3) is 0.172. The Morgan fingerprint density at radius 2 is 1.08 bits per heavy atom.